The Morgan fingerprint density at radius 2 is 2.00 bits per heavy atom. The first kappa shape index (κ1) is 10.7. The lowest BCUT2D eigenvalue weighted by Gasteiger charge is -2.15. The molecule has 82 valence electrons. The molecule has 1 aromatic carbocycles. The number of aryl methyl sites for hydroxylation is 1. The molecule has 0 saturated carbocycles. The topological polar surface area (TPSA) is 12.0 Å². The second-order valence-corrected chi connectivity index (χ2v) is 5.06. The molecule has 0 amide bonds. The second kappa shape index (κ2) is 3.97. The zero-order chi connectivity index (χ0) is 11.0. The molecule has 1 nitrogen and oxygen atoms in total. The highest BCUT2D eigenvalue weighted by Crippen LogP contribution is 2.44. The normalized spacial score (nSPS) is 24.6. The third-order valence-corrected chi connectivity index (χ3v) is 3.66. The maximum Gasteiger partial charge on any atom is 0.0326 e. The van der Waals surface area contributed by atoms with Crippen molar-refractivity contribution in [3.63, 3.8) is 0 Å². The van der Waals surface area contributed by atoms with Crippen LogP contribution in [0, 0.1) is 12.8 Å². The van der Waals surface area contributed by atoms with Gasteiger partial charge in [-0.05, 0) is 43.4 Å². The summed E-state index contributed by atoms with van der Waals surface area (Å²) in [6, 6.07) is 7.48. The molecule has 0 spiro atoms. The summed E-state index contributed by atoms with van der Waals surface area (Å²) in [7, 11) is 2.07. The molecule has 0 aromatic heterocycles. The predicted molar refractivity (Wildman–Crippen MR) is 65.2 cm³/mol. The Balaban J connectivity index is 2.43. The molecule has 0 bridgehead atoms. The minimum atomic E-state index is 0.562. The van der Waals surface area contributed by atoms with Crippen LogP contribution in [0.2, 0.25) is 0 Å². The third-order valence-electron chi connectivity index (χ3n) is 3.66. The van der Waals surface area contributed by atoms with Crippen molar-refractivity contribution in [2.75, 3.05) is 7.05 Å². The van der Waals surface area contributed by atoms with Gasteiger partial charge in [-0.2, -0.15) is 0 Å². The zero-order valence-corrected chi connectivity index (χ0v) is 10.2. The van der Waals surface area contributed by atoms with E-state index in [9.17, 15) is 0 Å². The van der Waals surface area contributed by atoms with Crippen LogP contribution in [0.15, 0.2) is 18.2 Å². The first-order valence-corrected chi connectivity index (χ1v) is 5.91. The van der Waals surface area contributed by atoms with Gasteiger partial charge in [-0.15, -0.1) is 0 Å². The SMILES string of the molecule is CNC1CC(C(C)C)c2ccc(C)cc21. The van der Waals surface area contributed by atoms with Gasteiger partial charge in [-0.25, -0.2) is 0 Å². The molecule has 0 heterocycles. The third kappa shape index (κ3) is 1.81. The molecule has 1 aliphatic carbocycles. The van der Waals surface area contributed by atoms with Gasteiger partial charge in [0.2, 0.25) is 0 Å². The van der Waals surface area contributed by atoms with Crippen molar-refractivity contribution < 1.29 is 0 Å². The van der Waals surface area contributed by atoms with Gasteiger partial charge in [0.05, 0.1) is 0 Å². The van der Waals surface area contributed by atoms with Crippen LogP contribution in [0.25, 0.3) is 0 Å². The van der Waals surface area contributed by atoms with E-state index in [1.54, 1.807) is 5.56 Å². The summed E-state index contributed by atoms with van der Waals surface area (Å²) in [5, 5.41) is 3.43. The molecule has 1 N–H and O–H groups in total. The lowest BCUT2D eigenvalue weighted by Crippen LogP contribution is -2.13. The van der Waals surface area contributed by atoms with Crippen molar-refractivity contribution >= 4 is 0 Å². The Morgan fingerprint density at radius 1 is 1.27 bits per heavy atom. The van der Waals surface area contributed by atoms with Crippen molar-refractivity contribution in [1.29, 1.82) is 0 Å². The van der Waals surface area contributed by atoms with Gasteiger partial charge in [0, 0.05) is 6.04 Å². The summed E-state index contributed by atoms with van der Waals surface area (Å²) < 4.78 is 0. The molecular formula is C14H21N. The number of rotatable bonds is 2. The molecule has 15 heavy (non-hydrogen) atoms. The average molecular weight is 203 g/mol. The van der Waals surface area contributed by atoms with Gasteiger partial charge in [0.1, 0.15) is 0 Å². The maximum atomic E-state index is 3.43. The van der Waals surface area contributed by atoms with Gasteiger partial charge >= 0.3 is 0 Å². The summed E-state index contributed by atoms with van der Waals surface area (Å²) in [5.74, 6) is 1.47. The first-order chi connectivity index (χ1) is 7.13. The number of benzene rings is 1. The molecule has 0 fully saturated rings. The van der Waals surface area contributed by atoms with E-state index in [2.05, 4.69) is 51.3 Å². The zero-order valence-electron chi connectivity index (χ0n) is 10.2. The fourth-order valence-corrected chi connectivity index (χ4v) is 2.75. The van der Waals surface area contributed by atoms with Crippen LogP contribution in [0.1, 0.15) is 48.9 Å². The molecular weight excluding hydrogens is 182 g/mol. The number of fused-ring (bicyclic) bond motifs is 1. The van der Waals surface area contributed by atoms with Crippen LogP contribution >= 0.6 is 0 Å². The molecule has 1 aliphatic rings. The molecule has 0 saturated heterocycles. The quantitative estimate of drug-likeness (QED) is 0.777. The van der Waals surface area contributed by atoms with E-state index in [4.69, 9.17) is 0 Å². The predicted octanol–water partition coefficient (Wildman–Crippen LogP) is 3.40. The number of hydrogen-bond donors (Lipinski definition) is 1. The highest BCUT2D eigenvalue weighted by atomic mass is 14.9. The van der Waals surface area contributed by atoms with Crippen LogP contribution in [-0.4, -0.2) is 7.05 Å². The summed E-state index contributed by atoms with van der Waals surface area (Å²) >= 11 is 0. The van der Waals surface area contributed by atoms with E-state index >= 15 is 0 Å². The van der Waals surface area contributed by atoms with Crippen molar-refractivity contribution in [2.45, 2.75) is 39.2 Å². The largest absolute Gasteiger partial charge is 0.313 e. The molecule has 1 aromatic rings. The van der Waals surface area contributed by atoms with Crippen LogP contribution < -0.4 is 5.32 Å². The van der Waals surface area contributed by atoms with Crippen LogP contribution in [-0.2, 0) is 0 Å². The van der Waals surface area contributed by atoms with Gasteiger partial charge < -0.3 is 5.32 Å². The monoisotopic (exact) mass is 203 g/mol. The van der Waals surface area contributed by atoms with E-state index in [0.717, 1.165) is 11.8 Å². The maximum absolute atomic E-state index is 3.43. The fraction of sp³-hybridized carbons (Fsp3) is 0.571. The fourth-order valence-electron chi connectivity index (χ4n) is 2.75. The Kier molecular flexibility index (Phi) is 2.83. The molecule has 1 heteroatoms. The van der Waals surface area contributed by atoms with E-state index in [0.29, 0.717) is 6.04 Å². The standard InChI is InChI=1S/C14H21N/c1-9(2)12-8-14(15-4)13-7-10(3)5-6-11(12)13/h5-7,9,12,14-15H,8H2,1-4H3. The highest BCUT2D eigenvalue weighted by Gasteiger charge is 2.31. The van der Waals surface area contributed by atoms with Crippen molar-refractivity contribution in [3.8, 4) is 0 Å². The summed E-state index contributed by atoms with van der Waals surface area (Å²) in [5.41, 5.74) is 4.46. The van der Waals surface area contributed by atoms with Gasteiger partial charge in [-0.3, -0.25) is 0 Å². The smallest absolute Gasteiger partial charge is 0.0326 e. The van der Waals surface area contributed by atoms with Crippen molar-refractivity contribution in [1.82, 2.24) is 5.32 Å². The van der Waals surface area contributed by atoms with Gasteiger partial charge in [-0.1, -0.05) is 37.6 Å². The van der Waals surface area contributed by atoms with E-state index in [1.165, 1.54) is 17.5 Å². The lowest BCUT2D eigenvalue weighted by atomic mass is 9.90. The molecule has 2 unspecified atom stereocenters. The summed E-state index contributed by atoms with van der Waals surface area (Å²) in [6.07, 6.45) is 1.26. The Hall–Kier alpha value is -0.820. The minimum Gasteiger partial charge on any atom is -0.313 e. The summed E-state index contributed by atoms with van der Waals surface area (Å²) in [4.78, 5) is 0. The second-order valence-electron chi connectivity index (χ2n) is 5.06. The van der Waals surface area contributed by atoms with Gasteiger partial charge in [0.25, 0.3) is 0 Å². The van der Waals surface area contributed by atoms with Crippen LogP contribution in [0.4, 0.5) is 0 Å². The van der Waals surface area contributed by atoms with E-state index < -0.39 is 0 Å². The van der Waals surface area contributed by atoms with E-state index in [-0.39, 0.29) is 0 Å². The Labute approximate surface area is 92.9 Å². The average Bonchev–Trinajstić information content (AvgIpc) is 2.55. The minimum absolute atomic E-state index is 0.562. The van der Waals surface area contributed by atoms with Crippen molar-refractivity contribution in [2.24, 2.45) is 5.92 Å². The molecule has 0 aliphatic heterocycles. The van der Waals surface area contributed by atoms with Crippen molar-refractivity contribution in [3.05, 3.63) is 34.9 Å². The van der Waals surface area contributed by atoms with Crippen LogP contribution in [0.3, 0.4) is 0 Å². The Morgan fingerprint density at radius 3 is 2.60 bits per heavy atom. The van der Waals surface area contributed by atoms with Crippen LogP contribution in [0.5, 0.6) is 0 Å². The summed E-state index contributed by atoms with van der Waals surface area (Å²) in [6.45, 7) is 6.83. The van der Waals surface area contributed by atoms with Gasteiger partial charge in [0.15, 0.2) is 0 Å². The molecule has 0 radical (unpaired) electrons. The first-order valence-electron chi connectivity index (χ1n) is 5.91. The molecule has 2 atom stereocenters. The Bertz CT molecular complexity index is 354. The number of hydrogen-bond acceptors (Lipinski definition) is 1. The lowest BCUT2D eigenvalue weighted by molar-refractivity contribution is 0.445. The molecule has 2 rings (SSSR count). The number of nitrogens with one attached hydrogen (secondary N) is 1. The van der Waals surface area contributed by atoms with E-state index in [1.807, 2.05) is 0 Å². The highest BCUT2D eigenvalue weighted by molar-refractivity contribution is 5.41.